The highest BCUT2D eigenvalue weighted by molar-refractivity contribution is 7.89. The molecule has 0 heterocycles. The van der Waals surface area contributed by atoms with Crippen LogP contribution in [-0.4, -0.2) is 31.4 Å². The van der Waals surface area contributed by atoms with Gasteiger partial charge in [-0.15, -0.1) is 0 Å². The van der Waals surface area contributed by atoms with E-state index in [9.17, 15) is 18.0 Å². The van der Waals surface area contributed by atoms with Gasteiger partial charge in [-0.3, -0.25) is 9.59 Å². The molecule has 0 unspecified atom stereocenters. The van der Waals surface area contributed by atoms with Crippen LogP contribution in [0.2, 0.25) is 0 Å². The summed E-state index contributed by atoms with van der Waals surface area (Å²) >= 11 is 0. The fraction of sp³-hybridized carbons (Fsp3) is 0.429. The van der Waals surface area contributed by atoms with Gasteiger partial charge in [-0.1, -0.05) is 13.8 Å². The van der Waals surface area contributed by atoms with Crippen molar-refractivity contribution < 1.29 is 23.1 Å². The third-order valence-corrected chi connectivity index (χ3v) is 4.28. The average molecular weight is 328 g/mol. The summed E-state index contributed by atoms with van der Waals surface area (Å²) in [6, 6.07) is 4.31. The molecule has 1 aromatic rings. The van der Waals surface area contributed by atoms with E-state index >= 15 is 0 Å². The number of hydrogen-bond acceptors (Lipinski definition) is 4. The normalized spacial score (nSPS) is 12.9. The molecule has 0 fully saturated rings. The van der Waals surface area contributed by atoms with Crippen molar-refractivity contribution in [3.63, 3.8) is 0 Å². The first-order chi connectivity index (χ1) is 10.1. The Morgan fingerprint density at radius 2 is 1.73 bits per heavy atom. The fourth-order valence-corrected chi connectivity index (χ4v) is 3.05. The summed E-state index contributed by atoms with van der Waals surface area (Å²) < 4.78 is 26.6. The number of rotatable bonds is 7. The molecule has 0 spiro atoms. The Hall–Kier alpha value is -1.93. The van der Waals surface area contributed by atoms with E-state index in [2.05, 4.69) is 10.0 Å². The Bertz CT molecular complexity index is 638. The zero-order valence-electron chi connectivity index (χ0n) is 12.7. The lowest BCUT2D eigenvalue weighted by Crippen LogP contribution is -2.41. The smallest absolute Gasteiger partial charge is 0.321 e. The molecule has 3 N–H and O–H groups in total. The summed E-state index contributed by atoms with van der Waals surface area (Å²) in [5.74, 6) is -1.45. The molecular weight excluding hydrogens is 308 g/mol. The summed E-state index contributed by atoms with van der Waals surface area (Å²) in [6.07, 6.45) is 0.193. The van der Waals surface area contributed by atoms with E-state index in [1.165, 1.54) is 31.2 Å². The van der Waals surface area contributed by atoms with Crippen molar-refractivity contribution in [2.45, 2.75) is 38.1 Å². The predicted molar refractivity (Wildman–Crippen MR) is 81.9 cm³/mol. The van der Waals surface area contributed by atoms with Crippen molar-refractivity contribution in [1.29, 1.82) is 0 Å². The second kappa shape index (κ2) is 7.37. The highest BCUT2D eigenvalue weighted by Crippen LogP contribution is 2.15. The fourth-order valence-electron chi connectivity index (χ4n) is 1.85. The minimum atomic E-state index is -3.94. The molecule has 0 aliphatic rings. The first-order valence-electron chi connectivity index (χ1n) is 6.74. The third kappa shape index (κ3) is 5.45. The minimum absolute atomic E-state index is 0.0333. The molecule has 0 saturated carbocycles. The highest BCUT2D eigenvalue weighted by atomic mass is 32.2. The van der Waals surface area contributed by atoms with Crippen LogP contribution in [0.5, 0.6) is 0 Å². The largest absolute Gasteiger partial charge is 0.480 e. The number of benzene rings is 1. The number of anilines is 1. The van der Waals surface area contributed by atoms with Gasteiger partial charge in [-0.05, 0) is 36.6 Å². The van der Waals surface area contributed by atoms with E-state index in [0.29, 0.717) is 5.69 Å². The standard InChI is InChI=1S/C14H20N2O5S/c1-9(2)8-13(14(18)19)16-22(20,21)12-6-4-11(5-7-12)15-10(3)17/h4-7,9,13,16H,8H2,1-3H3,(H,15,17)(H,18,19)/t13-/m0/s1. The Kier molecular flexibility index (Phi) is 6.07. The molecular formula is C14H20N2O5S. The maximum absolute atomic E-state index is 12.2. The SMILES string of the molecule is CC(=O)Nc1ccc(S(=O)(=O)N[C@@H](CC(C)C)C(=O)O)cc1. The molecule has 8 heteroatoms. The van der Waals surface area contributed by atoms with Gasteiger partial charge in [-0.2, -0.15) is 4.72 Å². The minimum Gasteiger partial charge on any atom is -0.480 e. The van der Waals surface area contributed by atoms with Gasteiger partial charge in [0.15, 0.2) is 0 Å². The van der Waals surface area contributed by atoms with Gasteiger partial charge in [0.25, 0.3) is 0 Å². The summed E-state index contributed by atoms with van der Waals surface area (Å²) in [7, 11) is -3.94. The number of aliphatic carboxylic acids is 1. The van der Waals surface area contributed by atoms with E-state index in [-0.39, 0.29) is 23.1 Å². The lowest BCUT2D eigenvalue weighted by atomic mass is 10.1. The summed E-state index contributed by atoms with van der Waals surface area (Å²) in [5.41, 5.74) is 0.461. The average Bonchev–Trinajstić information content (AvgIpc) is 2.36. The second-order valence-corrected chi connectivity index (χ2v) is 7.06. The summed E-state index contributed by atoms with van der Waals surface area (Å²) in [5, 5.41) is 11.6. The van der Waals surface area contributed by atoms with Gasteiger partial charge in [0.2, 0.25) is 15.9 Å². The van der Waals surface area contributed by atoms with E-state index in [4.69, 9.17) is 5.11 Å². The van der Waals surface area contributed by atoms with E-state index < -0.39 is 22.0 Å². The van der Waals surface area contributed by atoms with Crippen LogP contribution in [0.1, 0.15) is 27.2 Å². The molecule has 1 amide bonds. The molecule has 0 aliphatic heterocycles. The third-order valence-electron chi connectivity index (χ3n) is 2.79. The van der Waals surface area contributed by atoms with Crippen molar-refractivity contribution in [2.75, 3.05) is 5.32 Å². The molecule has 7 nitrogen and oxygen atoms in total. The lowest BCUT2D eigenvalue weighted by Gasteiger charge is -2.16. The van der Waals surface area contributed by atoms with Crippen molar-refractivity contribution in [3.05, 3.63) is 24.3 Å². The van der Waals surface area contributed by atoms with E-state index in [1.54, 1.807) is 0 Å². The molecule has 0 aliphatic carbocycles. The van der Waals surface area contributed by atoms with E-state index in [0.717, 1.165) is 0 Å². The Balaban J connectivity index is 2.93. The number of carbonyl (C=O) groups is 2. The van der Waals surface area contributed by atoms with Crippen LogP contribution in [0.25, 0.3) is 0 Å². The zero-order valence-corrected chi connectivity index (χ0v) is 13.5. The maximum atomic E-state index is 12.2. The molecule has 22 heavy (non-hydrogen) atoms. The molecule has 0 saturated heterocycles. The molecule has 0 radical (unpaired) electrons. The van der Waals surface area contributed by atoms with Gasteiger partial charge in [0.1, 0.15) is 6.04 Å². The molecule has 1 atom stereocenters. The number of carbonyl (C=O) groups excluding carboxylic acids is 1. The topological polar surface area (TPSA) is 113 Å². The van der Waals surface area contributed by atoms with Gasteiger partial charge < -0.3 is 10.4 Å². The van der Waals surface area contributed by atoms with Gasteiger partial charge >= 0.3 is 5.97 Å². The van der Waals surface area contributed by atoms with Crippen LogP contribution in [0.15, 0.2) is 29.2 Å². The molecule has 0 bridgehead atoms. The van der Waals surface area contributed by atoms with Gasteiger partial charge in [-0.25, -0.2) is 8.42 Å². The van der Waals surface area contributed by atoms with Crippen LogP contribution in [-0.2, 0) is 19.6 Å². The van der Waals surface area contributed by atoms with Gasteiger partial charge in [0.05, 0.1) is 4.90 Å². The quantitative estimate of drug-likeness (QED) is 0.701. The monoisotopic (exact) mass is 328 g/mol. The number of sulfonamides is 1. The van der Waals surface area contributed by atoms with Crippen molar-refractivity contribution >= 4 is 27.6 Å². The summed E-state index contributed by atoms with van der Waals surface area (Å²) in [4.78, 5) is 22.0. The Morgan fingerprint density at radius 1 is 1.18 bits per heavy atom. The van der Waals surface area contributed by atoms with Crippen molar-refractivity contribution in [2.24, 2.45) is 5.92 Å². The van der Waals surface area contributed by atoms with Gasteiger partial charge in [0, 0.05) is 12.6 Å². The number of carboxylic acids is 1. The van der Waals surface area contributed by atoms with E-state index in [1.807, 2.05) is 13.8 Å². The van der Waals surface area contributed by atoms with Crippen molar-refractivity contribution in [3.8, 4) is 0 Å². The second-order valence-electron chi connectivity index (χ2n) is 5.35. The zero-order chi connectivity index (χ0) is 16.9. The predicted octanol–water partition coefficient (Wildman–Crippen LogP) is 1.42. The first kappa shape index (κ1) is 18.1. The van der Waals surface area contributed by atoms with Crippen LogP contribution in [0.4, 0.5) is 5.69 Å². The number of hydrogen-bond donors (Lipinski definition) is 3. The molecule has 1 rings (SSSR count). The Labute approximate surface area is 129 Å². The van der Waals surface area contributed by atoms with Crippen LogP contribution < -0.4 is 10.0 Å². The molecule has 1 aromatic carbocycles. The summed E-state index contributed by atoms with van der Waals surface area (Å²) in [6.45, 7) is 4.97. The van der Waals surface area contributed by atoms with Crippen molar-refractivity contribution in [1.82, 2.24) is 4.72 Å². The van der Waals surface area contributed by atoms with Crippen LogP contribution >= 0.6 is 0 Å². The number of amides is 1. The number of nitrogens with one attached hydrogen (secondary N) is 2. The van der Waals surface area contributed by atoms with Crippen LogP contribution in [0, 0.1) is 5.92 Å². The Morgan fingerprint density at radius 3 is 2.14 bits per heavy atom. The van der Waals surface area contributed by atoms with Crippen LogP contribution in [0.3, 0.4) is 0 Å². The maximum Gasteiger partial charge on any atom is 0.321 e. The lowest BCUT2D eigenvalue weighted by molar-refractivity contribution is -0.139. The molecule has 0 aromatic heterocycles. The molecule has 122 valence electrons. The highest BCUT2D eigenvalue weighted by Gasteiger charge is 2.26. The first-order valence-corrected chi connectivity index (χ1v) is 8.23. The number of carboxylic acid groups (broad SMARTS) is 1.